The lowest BCUT2D eigenvalue weighted by Gasteiger charge is -2.31. The minimum atomic E-state index is -0.681. The number of benzene rings is 3. The summed E-state index contributed by atoms with van der Waals surface area (Å²) in [5.74, 6) is -0.663. The molecule has 0 aliphatic carbocycles. The van der Waals surface area contributed by atoms with Gasteiger partial charge in [0.1, 0.15) is 5.25 Å². The van der Waals surface area contributed by atoms with Gasteiger partial charge >= 0.3 is 4.87 Å². The smallest absolute Gasteiger partial charge is 0.308 e. The van der Waals surface area contributed by atoms with E-state index in [1.54, 1.807) is 37.0 Å². The van der Waals surface area contributed by atoms with E-state index < -0.39 is 17.1 Å². The summed E-state index contributed by atoms with van der Waals surface area (Å²) >= 11 is 5.88. The summed E-state index contributed by atoms with van der Waals surface area (Å²) < 4.78 is 13.6. The first-order valence-corrected chi connectivity index (χ1v) is 14.7. The first-order chi connectivity index (χ1) is 18.9. The van der Waals surface area contributed by atoms with E-state index in [1.807, 2.05) is 54.6 Å². The van der Waals surface area contributed by atoms with Gasteiger partial charge in [0.05, 0.1) is 37.4 Å². The highest BCUT2D eigenvalue weighted by atomic mass is 79.9. The van der Waals surface area contributed by atoms with Crippen LogP contribution in [0.3, 0.4) is 0 Å². The molecule has 0 radical (unpaired) electrons. The molecule has 2 aliphatic heterocycles. The van der Waals surface area contributed by atoms with E-state index in [2.05, 4.69) is 15.9 Å². The summed E-state index contributed by atoms with van der Waals surface area (Å²) in [7, 11) is 3.12. The number of hydrogen-bond donors (Lipinski definition) is 0. The van der Waals surface area contributed by atoms with Crippen LogP contribution in [-0.2, 0) is 16.1 Å². The van der Waals surface area contributed by atoms with Crippen molar-refractivity contribution in [2.45, 2.75) is 22.7 Å². The maximum atomic E-state index is 14.0. The number of aromatic nitrogens is 1. The van der Waals surface area contributed by atoms with Gasteiger partial charge in [-0.2, -0.15) is 0 Å². The molecule has 2 amide bonds. The number of anilines is 1. The fourth-order valence-electron chi connectivity index (χ4n) is 5.27. The van der Waals surface area contributed by atoms with Crippen molar-refractivity contribution in [2.75, 3.05) is 19.1 Å². The number of thiazole rings is 1. The van der Waals surface area contributed by atoms with Crippen LogP contribution in [0.25, 0.3) is 0 Å². The van der Waals surface area contributed by atoms with Crippen molar-refractivity contribution in [3.05, 3.63) is 103 Å². The standard InChI is InChI=1S/C29H23BrN2O5S2/c1-36-20-13-8-17(14-21(20)37-2)22-23-24(27(34)32(26(23)33)19-11-9-18(30)10-12-19)38-28-25(22)39-29(35)31(28)15-16-6-4-3-5-7-16/h3-14,22-24H,15H2,1-2H3. The van der Waals surface area contributed by atoms with E-state index in [0.29, 0.717) is 23.7 Å². The number of fused-ring (bicyclic) bond motifs is 2. The quantitative estimate of drug-likeness (QED) is 0.263. The second-order valence-corrected chi connectivity index (χ2v) is 12.3. The van der Waals surface area contributed by atoms with Crippen molar-refractivity contribution in [1.29, 1.82) is 0 Å². The van der Waals surface area contributed by atoms with Crippen LogP contribution in [0.2, 0.25) is 0 Å². The molecular formula is C29H23BrN2O5S2. The molecule has 198 valence electrons. The Morgan fingerprint density at radius 1 is 0.872 bits per heavy atom. The average molecular weight is 624 g/mol. The Morgan fingerprint density at radius 2 is 1.59 bits per heavy atom. The maximum Gasteiger partial charge on any atom is 0.308 e. The number of halogens is 1. The van der Waals surface area contributed by atoms with E-state index in [9.17, 15) is 14.4 Å². The molecule has 3 aromatic carbocycles. The van der Waals surface area contributed by atoms with Gasteiger partial charge < -0.3 is 9.47 Å². The molecule has 10 heteroatoms. The van der Waals surface area contributed by atoms with Gasteiger partial charge in [0, 0.05) is 15.3 Å². The predicted octanol–water partition coefficient (Wildman–Crippen LogP) is 5.53. The second kappa shape index (κ2) is 10.3. The Kier molecular flexibility index (Phi) is 6.86. The molecule has 39 heavy (non-hydrogen) atoms. The number of hydrogen-bond acceptors (Lipinski definition) is 7. The normalized spacial score (nSPS) is 20.1. The van der Waals surface area contributed by atoms with Crippen LogP contribution in [0, 0.1) is 5.92 Å². The van der Waals surface area contributed by atoms with Gasteiger partial charge in [0.25, 0.3) is 0 Å². The molecule has 6 rings (SSSR count). The van der Waals surface area contributed by atoms with Gasteiger partial charge in [-0.05, 0) is 47.5 Å². The summed E-state index contributed by atoms with van der Waals surface area (Å²) in [6.45, 7) is 0.382. The van der Waals surface area contributed by atoms with Crippen LogP contribution in [0.4, 0.5) is 5.69 Å². The van der Waals surface area contributed by atoms with Gasteiger partial charge in [-0.15, -0.1) is 0 Å². The number of carbonyl (C=O) groups is 2. The number of ether oxygens (including phenoxy) is 2. The number of imide groups is 1. The molecule has 0 bridgehead atoms. The Labute approximate surface area is 241 Å². The number of carbonyl (C=O) groups excluding carboxylic acids is 2. The van der Waals surface area contributed by atoms with E-state index in [1.165, 1.54) is 16.7 Å². The minimum Gasteiger partial charge on any atom is -0.493 e. The third kappa shape index (κ3) is 4.40. The highest BCUT2D eigenvalue weighted by molar-refractivity contribution is 9.10. The predicted molar refractivity (Wildman–Crippen MR) is 155 cm³/mol. The number of nitrogens with zero attached hydrogens (tertiary/aromatic N) is 2. The monoisotopic (exact) mass is 622 g/mol. The van der Waals surface area contributed by atoms with Crippen LogP contribution in [0.1, 0.15) is 21.9 Å². The van der Waals surface area contributed by atoms with Gasteiger partial charge in [0.2, 0.25) is 11.8 Å². The molecule has 1 fully saturated rings. The maximum absolute atomic E-state index is 14.0. The molecular weight excluding hydrogens is 600 g/mol. The molecule has 1 saturated heterocycles. The van der Waals surface area contributed by atoms with Crippen molar-refractivity contribution in [3.63, 3.8) is 0 Å². The van der Waals surface area contributed by atoms with Crippen LogP contribution in [-0.4, -0.2) is 35.9 Å². The zero-order valence-electron chi connectivity index (χ0n) is 21.0. The van der Waals surface area contributed by atoms with Crippen molar-refractivity contribution < 1.29 is 19.1 Å². The highest BCUT2D eigenvalue weighted by Gasteiger charge is 2.56. The summed E-state index contributed by atoms with van der Waals surface area (Å²) in [6, 6.07) is 22.4. The Hall–Kier alpha value is -3.34. The molecule has 2 aliphatic rings. The van der Waals surface area contributed by atoms with Crippen LogP contribution in [0.15, 0.2) is 87.1 Å². The molecule has 4 aromatic rings. The van der Waals surface area contributed by atoms with E-state index in [4.69, 9.17) is 9.47 Å². The molecule has 0 N–H and O–H groups in total. The van der Waals surface area contributed by atoms with Gasteiger partial charge in [-0.1, -0.05) is 75.4 Å². The third-order valence-corrected chi connectivity index (χ3v) is 10.2. The largest absolute Gasteiger partial charge is 0.493 e. The Balaban J connectivity index is 1.51. The zero-order chi connectivity index (χ0) is 27.3. The first kappa shape index (κ1) is 25.9. The number of amides is 2. The first-order valence-electron chi connectivity index (χ1n) is 12.2. The van der Waals surface area contributed by atoms with Gasteiger partial charge in [-0.25, -0.2) is 4.90 Å². The third-order valence-electron chi connectivity index (χ3n) is 7.08. The summed E-state index contributed by atoms with van der Waals surface area (Å²) in [5, 5.41) is 0.0523. The summed E-state index contributed by atoms with van der Waals surface area (Å²) in [6.07, 6.45) is 0. The lowest BCUT2D eigenvalue weighted by Crippen LogP contribution is -2.32. The topological polar surface area (TPSA) is 77.8 Å². The molecule has 7 nitrogen and oxygen atoms in total. The van der Waals surface area contributed by atoms with E-state index in [0.717, 1.165) is 36.8 Å². The Bertz CT molecular complexity index is 1630. The van der Waals surface area contributed by atoms with Crippen LogP contribution >= 0.6 is 39.0 Å². The molecule has 0 saturated carbocycles. The fourth-order valence-corrected chi connectivity index (χ4v) is 8.31. The highest BCUT2D eigenvalue weighted by Crippen LogP contribution is 2.54. The van der Waals surface area contributed by atoms with Crippen LogP contribution in [0.5, 0.6) is 11.5 Å². The van der Waals surface area contributed by atoms with Gasteiger partial charge in [0.15, 0.2) is 11.5 Å². The lowest BCUT2D eigenvalue weighted by molar-refractivity contribution is -0.122. The molecule has 0 spiro atoms. The molecule has 1 aromatic heterocycles. The summed E-state index contributed by atoms with van der Waals surface area (Å²) in [5.41, 5.74) is 2.30. The van der Waals surface area contributed by atoms with E-state index >= 15 is 0 Å². The molecule has 3 unspecified atom stereocenters. The molecule has 3 heterocycles. The second-order valence-electron chi connectivity index (χ2n) is 9.25. The Morgan fingerprint density at radius 3 is 2.28 bits per heavy atom. The molecule has 3 atom stereocenters. The summed E-state index contributed by atoms with van der Waals surface area (Å²) in [4.78, 5) is 43.2. The van der Waals surface area contributed by atoms with Crippen LogP contribution < -0.4 is 19.2 Å². The van der Waals surface area contributed by atoms with Crippen molar-refractivity contribution in [1.82, 2.24) is 4.57 Å². The van der Waals surface area contributed by atoms with Gasteiger partial charge in [-0.3, -0.25) is 19.0 Å². The van der Waals surface area contributed by atoms with E-state index in [-0.39, 0.29) is 16.7 Å². The van der Waals surface area contributed by atoms with Crippen molar-refractivity contribution in [2.24, 2.45) is 5.92 Å². The minimum absolute atomic E-state index is 0.119. The number of thioether (sulfide) groups is 1. The number of methoxy groups -OCH3 is 2. The van der Waals surface area contributed by atoms with Crippen molar-refractivity contribution >= 4 is 56.5 Å². The SMILES string of the molecule is COc1ccc(C2c3sc(=O)n(Cc4ccccc4)c3SC3C(=O)N(c4ccc(Br)cc4)C(=O)C32)cc1OC. The van der Waals surface area contributed by atoms with Crippen molar-refractivity contribution in [3.8, 4) is 11.5 Å². The number of rotatable bonds is 6. The zero-order valence-corrected chi connectivity index (χ0v) is 24.2. The average Bonchev–Trinajstić information content (AvgIpc) is 3.40. The lowest BCUT2D eigenvalue weighted by atomic mass is 9.83. The fraction of sp³-hybridized carbons (Fsp3) is 0.207.